The van der Waals surface area contributed by atoms with Gasteiger partial charge in [0, 0.05) is 147 Å². The fourth-order valence-electron chi connectivity index (χ4n) is 15.2. The summed E-state index contributed by atoms with van der Waals surface area (Å²) in [6, 6.07) is 44.8. The van der Waals surface area contributed by atoms with Gasteiger partial charge in [-0.15, -0.1) is 125 Å². The molecule has 3 N–H and O–H groups in total. The smallest absolute Gasteiger partial charge is 0.336 e. The van der Waals surface area contributed by atoms with Crippen LogP contribution in [0.3, 0.4) is 0 Å². The maximum atomic E-state index is 12.3. The largest absolute Gasteiger partial charge is 0.486 e. The van der Waals surface area contributed by atoms with Crippen molar-refractivity contribution in [3.8, 4) is 25.6 Å². The zero-order valence-electron chi connectivity index (χ0n) is 76.6. The number of carboxylic acid groups (broad SMARTS) is 1. The number of hydrogen-bond donors (Lipinski definition) is 3. The van der Waals surface area contributed by atoms with Gasteiger partial charge in [-0.2, -0.15) is 0 Å². The standard InChI is InChI=1S/C24H16N4S3.C21H21N3O3S2.C21H26N2O3S2Si.C18H16N2O2S2.C16H15N3S2Si/c1-25-8-9-28(3)23-12-16-10-15-11-17(29-21(15)14-22(16)30-23)13-19(26-2)24-27-18-6-4-5-7-20(18)31-24;1-22-17(21(25)23-3-6-26-2)12-16-10-14-9-15-11-20(24-4-7-27-8-5-24)29-19(15)13-18(14)28-16;1-21(2,3)26-20(25)14(22-4)10-13-11-15-18(27-13)19-16(29(15,6)7)12-17(28-19)23(5)8-9-24;1-4-5-20(3)17-8-12-6-11-7-13(9-14(19-2)18(21)22)23-15(11)10-16(12)24-17;1-18-10(9-17)6-11-7-12-15(20-11)16-13(22(12,4)5)8-14(21-16)19(2)3/h4-7,10-14H,8-9H2,3H3;9-13H,3-8H2,2H3,(H,23,25);10-12,24H,8-9H2,1-3,5-7H3;6-10H,4-5H2,1,3H3,(H,21,22);6-8H,2-5H3/b19-13-;17-12-;14-10-;14-9-;10-6-. The summed E-state index contributed by atoms with van der Waals surface area (Å²) in [5.41, 5.74) is 0.879. The lowest BCUT2D eigenvalue weighted by Gasteiger charge is -2.27. The number of nitriles is 1. The highest BCUT2D eigenvalue weighted by Crippen LogP contribution is 2.47. The number of aromatic nitrogens is 1. The van der Waals surface area contributed by atoms with E-state index in [1.807, 2.05) is 74.0 Å². The number of thiophene rings is 10. The first-order valence-corrected chi connectivity index (χ1v) is 57.7. The molecule has 22 nitrogen and oxygen atoms in total. The molecule has 686 valence electrons. The molecular formula is C100H94N14O8S11Si2. The number of carbonyl (C=O) groups excluding carboxylic acids is 2. The van der Waals surface area contributed by atoms with E-state index in [-0.39, 0.29) is 35.3 Å². The number of para-hydroxylation sites is 1. The average Bonchev–Trinajstić information content (AvgIpc) is 1.56. The van der Waals surface area contributed by atoms with Crippen LogP contribution in [0.2, 0.25) is 26.2 Å². The van der Waals surface area contributed by atoms with E-state index in [9.17, 15) is 19.5 Å². The number of carboxylic acids is 1. The van der Waals surface area contributed by atoms with Gasteiger partial charge in [-0.05, 0) is 220 Å². The van der Waals surface area contributed by atoms with E-state index in [4.69, 9.17) is 64.0 Å². The van der Waals surface area contributed by atoms with Gasteiger partial charge in [-0.25, -0.2) is 41.0 Å². The number of aliphatic hydroxyl groups excluding tert-OH is 1. The fraction of sp³-hybridized carbons (Fsp3) is 0.270. The van der Waals surface area contributed by atoms with Gasteiger partial charge >= 0.3 is 11.9 Å². The van der Waals surface area contributed by atoms with Gasteiger partial charge in [0.15, 0.2) is 0 Å². The van der Waals surface area contributed by atoms with Gasteiger partial charge in [0.05, 0.1) is 107 Å². The van der Waals surface area contributed by atoms with Crippen molar-refractivity contribution in [3.05, 3.63) is 242 Å². The van der Waals surface area contributed by atoms with Crippen LogP contribution >= 0.6 is 125 Å². The van der Waals surface area contributed by atoms with Crippen LogP contribution in [0.5, 0.6) is 0 Å². The number of methoxy groups -OCH3 is 1. The summed E-state index contributed by atoms with van der Waals surface area (Å²) in [6.07, 6.45) is 9.53. The molecule has 4 aromatic carbocycles. The molecule has 3 aliphatic rings. The Morgan fingerprint density at radius 2 is 1.01 bits per heavy atom. The molecule has 1 saturated heterocycles. The fourth-order valence-corrected chi connectivity index (χ4v) is 36.9. The molecule has 11 aromatic heterocycles. The van der Waals surface area contributed by atoms with Crippen molar-refractivity contribution in [3.63, 3.8) is 0 Å². The Morgan fingerprint density at radius 1 is 0.541 bits per heavy atom. The van der Waals surface area contributed by atoms with E-state index < -0.39 is 33.7 Å². The molecule has 0 atom stereocenters. The average molecular weight is 2030 g/mol. The lowest BCUT2D eigenvalue weighted by molar-refractivity contribution is -0.149. The molecule has 1 fully saturated rings. The second-order valence-electron chi connectivity index (χ2n) is 33.9. The zero-order valence-corrected chi connectivity index (χ0v) is 87.5. The van der Waals surface area contributed by atoms with Crippen molar-refractivity contribution in [2.24, 2.45) is 0 Å². The molecule has 0 bridgehead atoms. The summed E-state index contributed by atoms with van der Waals surface area (Å²) < 4.78 is 24.0. The van der Waals surface area contributed by atoms with Gasteiger partial charge < -0.3 is 59.1 Å². The maximum absolute atomic E-state index is 12.3. The Labute approximate surface area is 830 Å². The summed E-state index contributed by atoms with van der Waals surface area (Å²) >= 11 is 18.6. The number of anilines is 5. The molecule has 0 saturated carbocycles. The highest BCUT2D eigenvalue weighted by Gasteiger charge is 2.43. The number of thiazole rings is 1. The molecule has 0 unspecified atom stereocenters. The minimum atomic E-state index is -1.83. The first kappa shape index (κ1) is 99.2. The topological polar surface area (TPSA) is 210 Å². The molecule has 15 aromatic rings. The van der Waals surface area contributed by atoms with Gasteiger partial charge in [0.25, 0.3) is 22.8 Å². The molecule has 18 rings (SSSR count). The lowest BCUT2D eigenvalue weighted by Crippen LogP contribution is -2.48. The monoisotopic (exact) mass is 2030 g/mol. The summed E-state index contributed by atoms with van der Waals surface area (Å²) in [4.78, 5) is 81.4. The van der Waals surface area contributed by atoms with Crippen molar-refractivity contribution in [2.75, 3.05) is 139 Å². The normalized spacial score (nSPS) is 13.7. The van der Waals surface area contributed by atoms with Crippen LogP contribution in [-0.4, -0.2) is 169 Å². The number of nitrogens with one attached hydrogen (secondary N) is 1. The van der Waals surface area contributed by atoms with Crippen molar-refractivity contribution in [1.82, 2.24) is 10.3 Å². The third-order valence-electron chi connectivity index (χ3n) is 22.2. The van der Waals surface area contributed by atoms with Crippen LogP contribution in [0.4, 0.5) is 25.0 Å². The number of ether oxygens (including phenoxy) is 3. The SMILES string of the molecule is [C-]#[N+]/C(=C\c1cc2c(s1)-c1sc(N(C)CCO)cc1[Si]2(C)C)C(=O)OC(C)(C)C.[C-]#[N+]/C(=C\c1cc2cc3cc(N(C)CCC)sc3cc2s1)C(=O)O.[C-]#[N+]/C(=C\c1cc2cc3cc(N4CCOCC4)sc3cc2s1)C(=O)NCCOC.[C-]#[N+]/C(C#N)=C\c1cc2c(s1)-c1sc(N(C)C)cc1[Si]2(C)C.[C-]#[N+]CCN(C)c1cc2cc3cc(/C=C(\[N+]#[C-])c4nc5ccccc5s4)sc3cc2s1. The van der Waals surface area contributed by atoms with Crippen molar-refractivity contribution in [1.29, 1.82) is 5.26 Å². The molecule has 14 heterocycles. The summed E-state index contributed by atoms with van der Waals surface area (Å²) in [7, 11) is 8.39. The number of aliphatic carboxylic acids is 1. The third-order valence-corrected chi connectivity index (χ3v) is 42.8. The number of aliphatic hydroxyl groups is 1. The Morgan fingerprint density at radius 3 is 1.51 bits per heavy atom. The second kappa shape index (κ2) is 43.0. The number of likely N-dealkylation sites (N-methyl/N-ethyl adjacent to an activating group) is 2. The van der Waals surface area contributed by atoms with Crippen LogP contribution in [0, 0.1) is 50.8 Å². The Bertz CT molecular complexity index is 7370. The van der Waals surface area contributed by atoms with E-state index in [0.717, 1.165) is 111 Å². The molecule has 0 aliphatic carbocycles. The van der Waals surface area contributed by atoms with Gasteiger partial charge in [0.1, 0.15) is 26.8 Å². The van der Waals surface area contributed by atoms with Crippen molar-refractivity contribution < 1.29 is 38.8 Å². The highest BCUT2D eigenvalue weighted by molar-refractivity contribution is 7.32. The zero-order chi connectivity index (χ0) is 96.5. The van der Waals surface area contributed by atoms with Crippen LogP contribution in [-0.2, 0) is 28.6 Å². The van der Waals surface area contributed by atoms with E-state index in [1.165, 1.54) is 118 Å². The predicted octanol–water partition coefficient (Wildman–Crippen LogP) is 23.9. The van der Waals surface area contributed by atoms with Gasteiger partial charge in [-0.3, -0.25) is 14.4 Å². The molecule has 35 heteroatoms. The number of amides is 1. The maximum Gasteiger partial charge on any atom is 0.336 e. The summed E-state index contributed by atoms with van der Waals surface area (Å²) in [5.74, 6) is -2.14. The Balaban J connectivity index is 0.000000136. The Kier molecular flexibility index (Phi) is 31.6. The first-order chi connectivity index (χ1) is 64.7. The first-order valence-electron chi connectivity index (χ1n) is 42.7. The minimum Gasteiger partial charge on any atom is -0.486 e. The number of carbonyl (C=O) groups is 3. The van der Waals surface area contributed by atoms with Gasteiger partial charge in [-0.1, -0.05) is 45.2 Å². The number of morpholine rings is 1. The van der Waals surface area contributed by atoms with E-state index in [1.54, 1.807) is 148 Å². The molecular weight excluding hydrogens is 1930 g/mol. The van der Waals surface area contributed by atoms with Crippen molar-refractivity contribution in [2.45, 2.75) is 65.9 Å². The molecule has 0 radical (unpaired) electrons. The predicted molar refractivity (Wildman–Crippen MR) is 583 cm³/mol. The van der Waals surface area contributed by atoms with Crippen LogP contribution in [0.15, 0.2) is 144 Å². The number of allylic oxidation sites excluding steroid dienone is 1. The number of rotatable bonds is 23. The minimum absolute atomic E-state index is 0.00842. The van der Waals surface area contributed by atoms with Crippen LogP contribution in [0.1, 0.15) is 63.5 Å². The quantitative estimate of drug-likeness (QED) is 0.0136. The molecule has 1 amide bonds. The number of fused-ring (bicyclic) bond motifs is 13. The lowest BCUT2D eigenvalue weighted by atomic mass is 10.2. The van der Waals surface area contributed by atoms with Gasteiger partial charge in [0.2, 0.25) is 18.1 Å². The number of benzene rings is 4. The number of hydrogen-bond acceptors (Lipinski definition) is 25. The number of esters is 1. The molecule has 3 aliphatic heterocycles. The molecule has 0 spiro atoms. The van der Waals surface area contributed by atoms with E-state index >= 15 is 0 Å². The third kappa shape index (κ3) is 22.6. The van der Waals surface area contributed by atoms with E-state index in [2.05, 4.69) is 203 Å². The molecule has 135 heavy (non-hydrogen) atoms. The van der Waals surface area contributed by atoms with Crippen molar-refractivity contribution >= 4 is 311 Å². The summed E-state index contributed by atoms with van der Waals surface area (Å²) in [6.45, 7) is 67.6. The highest BCUT2D eigenvalue weighted by atomic mass is 32.1. The van der Waals surface area contributed by atoms with E-state index in [0.29, 0.717) is 31.9 Å². The number of nitrogens with zero attached hydrogens (tertiary/aromatic N) is 13. The van der Waals surface area contributed by atoms with Crippen LogP contribution < -0.4 is 50.6 Å². The second-order valence-corrected chi connectivity index (χ2v) is 54.3. The summed E-state index contributed by atoms with van der Waals surface area (Å²) in [5, 5.41) is 49.6. The van der Waals surface area contributed by atoms with Crippen LogP contribution in [0.25, 0.3) is 155 Å². The Hall–Kier alpha value is -11.8.